The largest absolute Gasteiger partial charge is 0.379 e. The molecule has 1 fully saturated rings. The Kier molecular flexibility index (Phi) is 3.93. The van der Waals surface area contributed by atoms with Crippen LogP contribution in [0.3, 0.4) is 0 Å². The summed E-state index contributed by atoms with van der Waals surface area (Å²) < 4.78 is 11.6. The first-order valence-electron chi connectivity index (χ1n) is 5.52. The molecule has 1 heterocycles. The summed E-state index contributed by atoms with van der Waals surface area (Å²) in [6.07, 6.45) is 1.03. The van der Waals surface area contributed by atoms with Gasteiger partial charge >= 0.3 is 0 Å². The maximum Gasteiger partial charge on any atom is 0.102 e. The third-order valence-electron chi connectivity index (χ3n) is 2.85. The number of ether oxygens (including phenoxy) is 2. The molecular formula is C11H23NO2. The van der Waals surface area contributed by atoms with Crippen LogP contribution >= 0.6 is 0 Å². The van der Waals surface area contributed by atoms with Gasteiger partial charge in [-0.15, -0.1) is 0 Å². The van der Waals surface area contributed by atoms with E-state index in [0.717, 1.165) is 26.1 Å². The third kappa shape index (κ3) is 2.94. The van der Waals surface area contributed by atoms with Crippen molar-refractivity contribution in [3.63, 3.8) is 0 Å². The van der Waals surface area contributed by atoms with Gasteiger partial charge < -0.3 is 14.8 Å². The summed E-state index contributed by atoms with van der Waals surface area (Å²) in [6.45, 7) is 11.7. The van der Waals surface area contributed by atoms with Gasteiger partial charge in [0, 0.05) is 19.7 Å². The average molecular weight is 201 g/mol. The fourth-order valence-corrected chi connectivity index (χ4v) is 1.85. The Morgan fingerprint density at radius 3 is 2.43 bits per heavy atom. The first-order chi connectivity index (χ1) is 6.54. The predicted octanol–water partition coefficient (Wildman–Crippen LogP) is 1.57. The van der Waals surface area contributed by atoms with Crippen molar-refractivity contribution >= 4 is 0 Å². The molecule has 2 unspecified atom stereocenters. The van der Waals surface area contributed by atoms with Crippen LogP contribution in [0.4, 0.5) is 0 Å². The lowest BCUT2D eigenvalue weighted by Crippen LogP contribution is -2.59. The lowest BCUT2D eigenvalue weighted by atomic mass is 9.96. The molecule has 84 valence electrons. The van der Waals surface area contributed by atoms with E-state index in [-0.39, 0.29) is 11.2 Å². The maximum absolute atomic E-state index is 6.13. The molecule has 2 atom stereocenters. The first-order valence-corrected chi connectivity index (χ1v) is 5.52. The van der Waals surface area contributed by atoms with Gasteiger partial charge in [-0.25, -0.2) is 0 Å². The third-order valence-corrected chi connectivity index (χ3v) is 2.85. The first kappa shape index (κ1) is 12.0. The normalized spacial score (nSPS) is 38.6. The highest BCUT2D eigenvalue weighted by Crippen LogP contribution is 2.26. The fraction of sp³-hybridized carbons (Fsp3) is 1.00. The number of morpholine rings is 1. The molecule has 0 radical (unpaired) electrons. The Hall–Kier alpha value is -0.120. The molecule has 0 spiro atoms. The van der Waals surface area contributed by atoms with Crippen molar-refractivity contribution in [3.8, 4) is 0 Å². The Balaban J connectivity index is 2.53. The highest BCUT2D eigenvalue weighted by Gasteiger charge is 2.38. The number of hydrogen-bond donors (Lipinski definition) is 1. The second kappa shape index (κ2) is 4.60. The van der Waals surface area contributed by atoms with E-state index in [2.05, 4.69) is 26.1 Å². The summed E-state index contributed by atoms with van der Waals surface area (Å²) in [7, 11) is 0. The number of rotatable bonds is 4. The topological polar surface area (TPSA) is 30.5 Å². The zero-order valence-electron chi connectivity index (χ0n) is 9.85. The Morgan fingerprint density at radius 2 is 1.86 bits per heavy atom. The summed E-state index contributed by atoms with van der Waals surface area (Å²) in [5, 5.41) is 3.42. The quantitative estimate of drug-likeness (QED) is 0.749. The minimum Gasteiger partial charge on any atom is -0.379 e. The fourth-order valence-electron chi connectivity index (χ4n) is 1.85. The van der Waals surface area contributed by atoms with Gasteiger partial charge in [-0.3, -0.25) is 0 Å². The molecule has 3 heteroatoms. The van der Waals surface area contributed by atoms with Crippen molar-refractivity contribution in [3.05, 3.63) is 0 Å². The van der Waals surface area contributed by atoms with Crippen LogP contribution in [-0.4, -0.2) is 37.5 Å². The van der Waals surface area contributed by atoms with E-state index < -0.39 is 0 Å². The van der Waals surface area contributed by atoms with E-state index in [9.17, 15) is 0 Å². The van der Waals surface area contributed by atoms with Gasteiger partial charge in [0.2, 0.25) is 0 Å². The van der Waals surface area contributed by atoms with Gasteiger partial charge in [-0.05, 0) is 27.2 Å². The van der Waals surface area contributed by atoms with Crippen LogP contribution in [0.5, 0.6) is 0 Å². The van der Waals surface area contributed by atoms with Crippen LogP contribution < -0.4 is 5.32 Å². The van der Waals surface area contributed by atoms with E-state index in [0.29, 0.717) is 6.61 Å². The second-order valence-electron chi connectivity index (χ2n) is 4.60. The lowest BCUT2D eigenvalue weighted by molar-refractivity contribution is -0.185. The smallest absolute Gasteiger partial charge is 0.102 e. The lowest BCUT2D eigenvalue weighted by Gasteiger charge is -2.45. The molecule has 1 rings (SSSR count). The predicted molar refractivity (Wildman–Crippen MR) is 57.5 cm³/mol. The minimum atomic E-state index is -0.168. The van der Waals surface area contributed by atoms with Crippen LogP contribution in [0.1, 0.15) is 34.1 Å². The van der Waals surface area contributed by atoms with Crippen LogP contribution in [0.25, 0.3) is 0 Å². The zero-order valence-corrected chi connectivity index (χ0v) is 9.85. The van der Waals surface area contributed by atoms with Crippen LogP contribution in [0, 0.1) is 0 Å². The Bertz CT molecular complexity index is 186. The molecule has 0 bridgehead atoms. The van der Waals surface area contributed by atoms with Crippen molar-refractivity contribution in [2.75, 3.05) is 26.3 Å². The minimum absolute atomic E-state index is 0.0376. The zero-order chi connectivity index (χ0) is 10.7. The van der Waals surface area contributed by atoms with Crippen LogP contribution in [-0.2, 0) is 9.47 Å². The SMILES string of the molecule is CCOCC1(C)CNCC(C)(CC)O1. The highest BCUT2D eigenvalue weighted by molar-refractivity contribution is 4.91. The van der Waals surface area contributed by atoms with Gasteiger partial charge in [0.1, 0.15) is 5.60 Å². The summed E-state index contributed by atoms with van der Waals surface area (Å²) in [4.78, 5) is 0. The van der Waals surface area contributed by atoms with E-state index in [1.807, 2.05) is 6.92 Å². The summed E-state index contributed by atoms with van der Waals surface area (Å²) in [5.74, 6) is 0. The molecule has 3 nitrogen and oxygen atoms in total. The van der Waals surface area contributed by atoms with E-state index in [1.54, 1.807) is 0 Å². The van der Waals surface area contributed by atoms with Gasteiger partial charge in [0.05, 0.1) is 12.2 Å². The molecule has 0 saturated carbocycles. The standard InChI is InChI=1S/C11H23NO2/c1-5-10(3)7-12-8-11(4,14-10)9-13-6-2/h12H,5-9H2,1-4H3. The molecule has 14 heavy (non-hydrogen) atoms. The Morgan fingerprint density at radius 1 is 1.21 bits per heavy atom. The van der Waals surface area contributed by atoms with Crippen molar-refractivity contribution < 1.29 is 9.47 Å². The second-order valence-corrected chi connectivity index (χ2v) is 4.60. The molecule has 1 N–H and O–H groups in total. The van der Waals surface area contributed by atoms with E-state index in [4.69, 9.17) is 9.47 Å². The van der Waals surface area contributed by atoms with Crippen molar-refractivity contribution in [2.45, 2.75) is 45.3 Å². The van der Waals surface area contributed by atoms with Crippen molar-refractivity contribution in [1.29, 1.82) is 0 Å². The van der Waals surface area contributed by atoms with Crippen molar-refractivity contribution in [2.24, 2.45) is 0 Å². The van der Waals surface area contributed by atoms with Crippen molar-refractivity contribution in [1.82, 2.24) is 5.32 Å². The van der Waals surface area contributed by atoms with Crippen LogP contribution in [0.2, 0.25) is 0 Å². The summed E-state index contributed by atoms with van der Waals surface area (Å²) >= 11 is 0. The molecule has 0 amide bonds. The molecule has 0 aromatic carbocycles. The van der Waals surface area contributed by atoms with Gasteiger partial charge in [-0.1, -0.05) is 6.92 Å². The van der Waals surface area contributed by atoms with Gasteiger partial charge in [0.25, 0.3) is 0 Å². The van der Waals surface area contributed by atoms with Gasteiger partial charge in [-0.2, -0.15) is 0 Å². The number of hydrogen-bond acceptors (Lipinski definition) is 3. The molecule has 0 aliphatic carbocycles. The summed E-state index contributed by atoms with van der Waals surface area (Å²) in [5.41, 5.74) is -0.205. The van der Waals surface area contributed by atoms with Gasteiger partial charge in [0.15, 0.2) is 0 Å². The molecular weight excluding hydrogens is 178 g/mol. The highest BCUT2D eigenvalue weighted by atomic mass is 16.6. The van der Waals surface area contributed by atoms with E-state index in [1.165, 1.54) is 0 Å². The van der Waals surface area contributed by atoms with Crippen LogP contribution in [0.15, 0.2) is 0 Å². The molecule has 1 saturated heterocycles. The number of nitrogens with one attached hydrogen (secondary N) is 1. The monoisotopic (exact) mass is 201 g/mol. The average Bonchev–Trinajstić information content (AvgIpc) is 2.15. The molecule has 0 aromatic rings. The summed E-state index contributed by atoms with van der Waals surface area (Å²) in [6, 6.07) is 0. The molecule has 1 aliphatic rings. The Labute approximate surface area is 87.2 Å². The molecule has 1 aliphatic heterocycles. The molecule has 0 aromatic heterocycles. The maximum atomic E-state index is 6.13. The van der Waals surface area contributed by atoms with E-state index >= 15 is 0 Å².